The van der Waals surface area contributed by atoms with Gasteiger partial charge in [0.15, 0.2) is 0 Å². The Balaban J connectivity index is 3.10. The van der Waals surface area contributed by atoms with Crippen LogP contribution in [0.25, 0.3) is 0 Å². The lowest BCUT2D eigenvalue weighted by Crippen LogP contribution is -2.35. The van der Waals surface area contributed by atoms with Gasteiger partial charge in [-0.05, 0) is 32.9 Å². The zero-order chi connectivity index (χ0) is 14.7. The van der Waals surface area contributed by atoms with Crippen LogP contribution in [0.3, 0.4) is 0 Å². The first-order valence-electron chi connectivity index (χ1n) is 6.47. The highest BCUT2D eigenvalue weighted by Crippen LogP contribution is 2.23. The minimum atomic E-state index is -0.514. The molecule has 0 atom stereocenters. The number of carbonyl (C=O) groups excluding carboxylic acids is 1. The van der Waals surface area contributed by atoms with Crippen molar-refractivity contribution in [3.8, 4) is 0 Å². The number of para-hydroxylation sites is 1. The molecule has 0 unspecified atom stereocenters. The average Bonchev–Trinajstić information content (AvgIpc) is 2.23. The van der Waals surface area contributed by atoms with Gasteiger partial charge in [0.05, 0.1) is 5.69 Å². The summed E-state index contributed by atoms with van der Waals surface area (Å²) in [4.78, 5) is 16.7. The summed E-state index contributed by atoms with van der Waals surface area (Å²) in [6, 6.07) is 9.46. The minimum absolute atomic E-state index is 0.358. The lowest BCUT2D eigenvalue weighted by molar-refractivity contribution is -0.146. The molecule has 0 aliphatic heterocycles. The summed E-state index contributed by atoms with van der Waals surface area (Å²) in [6.45, 7) is 11.4. The number of benzene rings is 1. The maximum Gasteiger partial charge on any atom is 0.353 e. The normalized spacial score (nSPS) is 13.3. The zero-order valence-corrected chi connectivity index (χ0v) is 12.7. The summed E-state index contributed by atoms with van der Waals surface area (Å²) in [7, 11) is 0. The van der Waals surface area contributed by atoms with E-state index in [0.717, 1.165) is 5.69 Å². The molecule has 0 aromatic heterocycles. The van der Waals surface area contributed by atoms with Gasteiger partial charge in [0.2, 0.25) is 0 Å². The highest BCUT2D eigenvalue weighted by atomic mass is 16.6. The van der Waals surface area contributed by atoms with Crippen LogP contribution in [0.15, 0.2) is 35.3 Å². The van der Waals surface area contributed by atoms with Crippen LogP contribution in [-0.4, -0.2) is 17.3 Å². The van der Waals surface area contributed by atoms with Gasteiger partial charge in [-0.15, -0.1) is 0 Å². The van der Waals surface area contributed by atoms with Crippen molar-refractivity contribution < 1.29 is 9.53 Å². The maximum absolute atomic E-state index is 12.3. The Morgan fingerprint density at radius 1 is 1.00 bits per heavy atom. The Morgan fingerprint density at radius 3 is 1.95 bits per heavy atom. The molecule has 0 bridgehead atoms. The fourth-order valence-electron chi connectivity index (χ4n) is 1.48. The molecule has 3 heteroatoms. The fourth-order valence-corrected chi connectivity index (χ4v) is 1.48. The highest BCUT2D eigenvalue weighted by Gasteiger charge is 2.30. The van der Waals surface area contributed by atoms with E-state index in [1.165, 1.54) is 0 Å². The van der Waals surface area contributed by atoms with Crippen molar-refractivity contribution in [1.82, 2.24) is 0 Å². The number of ether oxygens (including phenoxy) is 1. The molecule has 0 spiro atoms. The third-order valence-electron chi connectivity index (χ3n) is 2.30. The van der Waals surface area contributed by atoms with Crippen molar-refractivity contribution in [2.75, 3.05) is 0 Å². The number of nitrogens with zero attached hydrogens (tertiary/aromatic N) is 1. The molecule has 1 aromatic rings. The van der Waals surface area contributed by atoms with Gasteiger partial charge in [0, 0.05) is 5.41 Å². The van der Waals surface area contributed by atoms with Crippen molar-refractivity contribution in [3.05, 3.63) is 30.3 Å². The Labute approximate surface area is 115 Å². The third kappa shape index (κ3) is 5.25. The summed E-state index contributed by atoms with van der Waals surface area (Å²) in [6.07, 6.45) is 0. The van der Waals surface area contributed by atoms with Crippen LogP contribution in [0.2, 0.25) is 0 Å². The zero-order valence-electron chi connectivity index (χ0n) is 12.7. The Bertz CT molecular complexity index is 462. The van der Waals surface area contributed by atoms with Crippen molar-refractivity contribution >= 4 is 17.4 Å². The first kappa shape index (κ1) is 15.4. The highest BCUT2D eigenvalue weighted by molar-refractivity contribution is 6.38. The second-order valence-corrected chi connectivity index (χ2v) is 6.55. The number of aliphatic imine (C=N–C) groups is 1. The molecule has 0 saturated heterocycles. The van der Waals surface area contributed by atoms with Crippen LogP contribution in [0.4, 0.5) is 5.69 Å². The number of hydrogen-bond donors (Lipinski definition) is 0. The van der Waals surface area contributed by atoms with E-state index in [1.807, 2.05) is 71.9 Å². The molecule has 0 saturated carbocycles. The lowest BCUT2D eigenvalue weighted by atomic mass is 9.89. The SMILES string of the molecule is CC(C)(C)OC(=O)C(=Nc1ccccc1)C(C)(C)C. The average molecular weight is 261 g/mol. The van der Waals surface area contributed by atoms with Crippen molar-refractivity contribution in [3.63, 3.8) is 0 Å². The molecule has 19 heavy (non-hydrogen) atoms. The van der Waals surface area contributed by atoms with Gasteiger partial charge in [-0.2, -0.15) is 0 Å². The molecule has 0 N–H and O–H groups in total. The molecule has 1 rings (SSSR count). The molecule has 0 aliphatic carbocycles. The van der Waals surface area contributed by atoms with Gasteiger partial charge >= 0.3 is 5.97 Å². The smallest absolute Gasteiger partial charge is 0.353 e. The van der Waals surface area contributed by atoms with E-state index in [1.54, 1.807) is 0 Å². The van der Waals surface area contributed by atoms with E-state index in [4.69, 9.17) is 4.74 Å². The molecule has 3 nitrogen and oxygen atoms in total. The molecule has 0 fully saturated rings. The Hall–Kier alpha value is -1.64. The number of rotatable bonds is 2. The Kier molecular flexibility index (Phi) is 4.51. The van der Waals surface area contributed by atoms with Gasteiger partial charge in [0.25, 0.3) is 0 Å². The van der Waals surface area contributed by atoms with Crippen LogP contribution in [0, 0.1) is 5.41 Å². The minimum Gasteiger partial charge on any atom is -0.455 e. The van der Waals surface area contributed by atoms with Gasteiger partial charge in [-0.25, -0.2) is 9.79 Å². The van der Waals surface area contributed by atoms with Crippen LogP contribution in [0.5, 0.6) is 0 Å². The first-order valence-corrected chi connectivity index (χ1v) is 6.47. The molecule has 104 valence electrons. The van der Waals surface area contributed by atoms with Gasteiger partial charge in [0.1, 0.15) is 11.3 Å². The predicted octanol–water partition coefficient (Wildman–Crippen LogP) is 4.15. The monoisotopic (exact) mass is 261 g/mol. The van der Waals surface area contributed by atoms with E-state index in [2.05, 4.69) is 4.99 Å². The van der Waals surface area contributed by atoms with Crippen LogP contribution < -0.4 is 0 Å². The van der Waals surface area contributed by atoms with Crippen LogP contribution in [0.1, 0.15) is 41.5 Å². The molecule has 0 heterocycles. The maximum atomic E-state index is 12.3. The van der Waals surface area contributed by atoms with Crippen molar-refractivity contribution in [1.29, 1.82) is 0 Å². The lowest BCUT2D eigenvalue weighted by Gasteiger charge is -2.25. The van der Waals surface area contributed by atoms with E-state index in [-0.39, 0.29) is 11.4 Å². The number of hydrogen-bond acceptors (Lipinski definition) is 3. The molecule has 0 amide bonds. The van der Waals surface area contributed by atoms with Crippen molar-refractivity contribution in [2.24, 2.45) is 10.4 Å². The summed E-state index contributed by atoms with van der Waals surface area (Å²) >= 11 is 0. The number of esters is 1. The molecule has 1 aromatic carbocycles. The van der Waals surface area contributed by atoms with Gasteiger partial charge in [-0.1, -0.05) is 39.0 Å². The molecular formula is C16H23NO2. The van der Waals surface area contributed by atoms with E-state index < -0.39 is 5.60 Å². The first-order chi connectivity index (χ1) is 8.59. The molecule has 0 aliphatic rings. The topological polar surface area (TPSA) is 38.7 Å². The Morgan fingerprint density at radius 2 is 1.53 bits per heavy atom. The van der Waals surface area contributed by atoms with Gasteiger partial charge < -0.3 is 4.74 Å². The standard InChI is InChI=1S/C16H23NO2/c1-15(2,3)13(14(18)19-16(4,5)6)17-12-10-8-7-9-11-12/h7-11H,1-6H3. The number of carbonyl (C=O) groups is 1. The summed E-state index contributed by atoms with van der Waals surface area (Å²) in [5.74, 6) is -0.358. The van der Waals surface area contributed by atoms with E-state index >= 15 is 0 Å². The van der Waals surface area contributed by atoms with Gasteiger partial charge in [-0.3, -0.25) is 0 Å². The largest absolute Gasteiger partial charge is 0.455 e. The fraction of sp³-hybridized carbons (Fsp3) is 0.500. The predicted molar refractivity (Wildman–Crippen MR) is 78.8 cm³/mol. The molecule has 0 radical (unpaired) electrons. The summed E-state index contributed by atoms with van der Waals surface area (Å²) in [5, 5.41) is 0. The summed E-state index contributed by atoms with van der Waals surface area (Å²) in [5.41, 5.74) is 0.324. The summed E-state index contributed by atoms with van der Waals surface area (Å²) < 4.78 is 5.43. The molecular weight excluding hydrogens is 238 g/mol. The second kappa shape index (κ2) is 5.55. The van der Waals surface area contributed by atoms with Crippen molar-refractivity contribution in [2.45, 2.75) is 47.1 Å². The third-order valence-corrected chi connectivity index (χ3v) is 2.30. The van der Waals surface area contributed by atoms with E-state index in [9.17, 15) is 4.79 Å². The van der Waals surface area contributed by atoms with E-state index in [0.29, 0.717) is 5.71 Å². The van der Waals surface area contributed by atoms with Crippen LogP contribution >= 0.6 is 0 Å². The quantitative estimate of drug-likeness (QED) is 0.592. The van der Waals surface area contributed by atoms with Crippen LogP contribution in [-0.2, 0) is 9.53 Å². The second-order valence-electron chi connectivity index (χ2n) is 6.55.